The maximum atomic E-state index is 6.45. The van der Waals surface area contributed by atoms with Crippen molar-refractivity contribution in [3.63, 3.8) is 0 Å². The zero-order valence-corrected chi connectivity index (χ0v) is 25.9. The lowest BCUT2D eigenvalue weighted by atomic mass is 9.79. The van der Waals surface area contributed by atoms with Crippen LogP contribution in [0.2, 0.25) is 0 Å². The molecule has 220 valence electrons. The number of rotatable bonds is 7. The van der Waals surface area contributed by atoms with Gasteiger partial charge in [-0.05, 0) is 114 Å². The Balaban J connectivity index is 1.21. The summed E-state index contributed by atoms with van der Waals surface area (Å²) in [7, 11) is -0.870. The second-order valence-electron chi connectivity index (χ2n) is 13.3. The van der Waals surface area contributed by atoms with Crippen molar-refractivity contribution in [2.45, 2.75) is 90.5 Å². The van der Waals surface area contributed by atoms with Crippen molar-refractivity contribution in [3.05, 3.63) is 77.9 Å². The predicted octanol–water partition coefficient (Wildman–Crippen LogP) is 5.38. The van der Waals surface area contributed by atoms with E-state index in [-0.39, 0.29) is 0 Å². The van der Waals surface area contributed by atoms with Gasteiger partial charge in [-0.2, -0.15) is 0 Å². The minimum atomic E-state index is -0.679. The molecule has 0 saturated carbocycles. The fourth-order valence-electron chi connectivity index (χ4n) is 5.13. The Bertz CT molecular complexity index is 1320. The van der Waals surface area contributed by atoms with Gasteiger partial charge in [-0.15, -0.1) is 0 Å². The van der Waals surface area contributed by atoms with Gasteiger partial charge in [-0.3, -0.25) is 0 Å². The summed E-state index contributed by atoms with van der Waals surface area (Å²) in [5.41, 5.74) is 2.32. The Kier molecular flexibility index (Phi) is 7.17. The highest BCUT2D eigenvalue weighted by atomic mass is 16.7. The summed E-state index contributed by atoms with van der Waals surface area (Å²) < 4.78 is 43.5. The summed E-state index contributed by atoms with van der Waals surface area (Å²) in [6, 6.07) is 21.7. The summed E-state index contributed by atoms with van der Waals surface area (Å²) in [6.07, 6.45) is 0.183. The van der Waals surface area contributed by atoms with Gasteiger partial charge in [0.05, 0.1) is 29.0 Å². The van der Waals surface area contributed by atoms with Crippen LogP contribution in [0, 0.1) is 0 Å². The van der Waals surface area contributed by atoms with Crippen molar-refractivity contribution < 1.29 is 32.8 Å². The highest BCUT2D eigenvalue weighted by Gasteiger charge is 2.52. The standard InChI is InChI=1S/C33H40B2O7/c1-30(2)31(3,4)40-34(39-30)24-10-14-26(15-11-24)37-29(23-9-18-28-22(21-23)19-20-36-28)38-27-16-12-25(13-17-27)35-41-32(5,6)33(7,8)42-35/h9-18,21,29H,19-20H2,1-8H3. The number of hydrogen-bond acceptors (Lipinski definition) is 7. The maximum Gasteiger partial charge on any atom is 0.494 e. The monoisotopic (exact) mass is 570 g/mol. The summed E-state index contributed by atoms with van der Waals surface area (Å²) in [6.45, 7) is 17.1. The SMILES string of the molecule is CC1(C)OB(c2ccc(OC(Oc3ccc(B4OC(C)(C)C(C)(C)O4)cc3)c3ccc4c(c3)CCO4)cc2)OC1(C)C. The van der Waals surface area contributed by atoms with Crippen molar-refractivity contribution in [2.24, 2.45) is 0 Å². The Morgan fingerprint density at radius 3 is 1.45 bits per heavy atom. The second kappa shape index (κ2) is 10.3. The molecule has 6 rings (SSSR count). The van der Waals surface area contributed by atoms with E-state index in [0.29, 0.717) is 18.1 Å². The van der Waals surface area contributed by atoms with E-state index < -0.39 is 42.9 Å². The number of hydrogen-bond donors (Lipinski definition) is 0. The van der Waals surface area contributed by atoms with Crippen molar-refractivity contribution in [3.8, 4) is 17.2 Å². The topological polar surface area (TPSA) is 64.6 Å². The molecule has 2 saturated heterocycles. The molecule has 3 aromatic rings. The number of benzene rings is 3. The van der Waals surface area contributed by atoms with Gasteiger partial charge in [0, 0.05) is 12.0 Å². The molecule has 42 heavy (non-hydrogen) atoms. The predicted molar refractivity (Wildman–Crippen MR) is 164 cm³/mol. The van der Waals surface area contributed by atoms with E-state index in [1.165, 1.54) is 0 Å². The molecule has 2 fully saturated rings. The van der Waals surface area contributed by atoms with E-state index in [1.54, 1.807) is 0 Å². The molecule has 0 radical (unpaired) electrons. The molecule has 0 bridgehead atoms. The summed E-state index contributed by atoms with van der Waals surface area (Å²) in [5.74, 6) is 2.26. The van der Waals surface area contributed by atoms with E-state index in [9.17, 15) is 0 Å². The van der Waals surface area contributed by atoms with Gasteiger partial charge < -0.3 is 32.8 Å². The normalized spacial score (nSPS) is 21.4. The third-order valence-corrected chi connectivity index (χ3v) is 9.28. The van der Waals surface area contributed by atoms with Gasteiger partial charge in [0.25, 0.3) is 6.29 Å². The fraction of sp³-hybridized carbons (Fsp3) is 0.455. The first-order chi connectivity index (χ1) is 19.7. The summed E-state index contributed by atoms with van der Waals surface area (Å²) in [5, 5.41) is 0. The molecule has 0 atom stereocenters. The van der Waals surface area contributed by atoms with Crippen LogP contribution in [0.15, 0.2) is 66.7 Å². The van der Waals surface area contributed by atoms with Crippen molar-refractivity contribution >= 4 is 25.2 Å². The van der Waals surface area contributed by atoms with Gasteiger partial charge in [0.15, 0.2) is 0 Å². The molecule has 0 N–H and O–H groups in total. The molecule has 3 aromatic carbocycles. The zero-order chi connectivity index (χ0) is 29.9. The maximum absolute atomic E-state index is 6.45. The highest BCUT2D eigenvalue weighted by Crippen LogP contribution is 2.38. The average molecular weight is 570 g/mol. The number of ether oxygens (including phenoxy) is 3. The molecule has 3 heterocycles. The van der Waals surface area contributed by atoms with Crippen LogP contribution in [0.3, 0.4) is 0 Å². The van der Waals surface area contributed by atoms with Gasteiger partial charge in [-0.25, -0.2) is 0 Å². The van der Waals surface area contributed by atoms with Gasteiger partial charge in [0.2, 0.25) is 0 Å². The number of fused-ring (bicyclic) bond motifs is 1. The van der Waals surface area contributed by atoms with E-state index in [4.69, 9.17) is 32.8 Å². The lowest BCUT2D eigenvalue weighted by molar-refractivity contribution is 0.00379. The minimum absolute atomic E-state index is 0.402. The van der Waals surface area contributed by atoms with Crippen LogP contribution in [-0.4, -0.2) is 43.2 Å². The first-order valence-electron chi connectivity index (χ1n) is 14.7. The molecule has 0 unspecified atom stereocenters. The molecule has 3 aliphatic rings. The van der Waals surface area contributed by atoms with Crippen molar-refractivity contribution in [1.82, 2.24) is 0 Å². The van der Waals surface area contributed by atoms with Crippen LogP contribution >= 0.6 is 0 Å². The second-order valence-corrected chi connectivity index (χ2v) is 13.3. The Morgan fingerprint density at radius 1 is 0.595 bits per heavy atom. The molecule has 7 nitrogen and oxygen atoms in total. The van der Waals surface area contributed by atoms with Crippen LogP contribution in [0.5, 0.6) is 17.2 Å². The average Bonchev–Trinajstić information content (AvgIpc) is 3.55. The quantitative estimate of drug-likeness (QED) is 0.280. The lowest BCUT2D eigenvalue weighted by Crippen LogP contribution is -2.41. The van der Waals surface area contributed by atoms with Crippen LogP contribution < -0.4 is 25.1 Å². The van der Waals surface area contributed by atoms with E-state index in [0.717, 1.165) is 34.2 Å². The largest absolute Gasteiger partial charge is 0.494 e. The molecular formula is C33H40B2O7. The zero-order valence-electron chi connectivity index (χ0n) is 25.9. The smallest absolute Gasteiger partial charge is 0.493 e. The van der Waals surface area contributed by atoms with Crippen molar-refractivity contribution in [2.75, 3.05) is 6.61 Å². The van der Waals surface area contributed by atoms with E-state index in [1.807, 2.05) is 60.7 Å². The van der Waals surface area contributed by atoms with Gasteiger partial charge >= 0.3 is 14.2 Å². The molecule has 0 aromatic heterocycles. The molecular weight excluding hydrogens is 530 g/mol. The Labute approximate surface area is 250 Å². The molecule has 0 amide bonds. The molecule has 9 heteroatoms. The van der Waals surface area contributed by atoms with Gasteiger partial charge in [-0.1, -0.05) is 24.3 Å². The Hall–Kier alpha value is -2.97. The van der Waals surface area contributed by atoms with Crippen LogP contribution in [0.4, 0.5) is 0 Å². The lowest BCUT2D eigenvalue weighted by Gasteiger charge is -2.32. The van der Waals surface area contributed by atoms with E-state index >= 15 is 0 Å². The Morgan fingerprint density at radius 2 is 1.02 bits per heavy atom. The molecule has 0 aliphatic carbocycles. The first kappa shape index (κ1) is 29.1. The minimum Gasteiger partial charge on any atom is -0.493 e. The van der Waals surface area contributed by atoms with Crippen LogP contribution in [0.1, 0.15) is 72.8 Å². The van der Waals surface area contributed by atoms with Crippen LogP contribution in [0.25, 0.3) is 0 Å². The third-order valence-electron chi connectivity index (χ3n) is 9.28. The van der Waals surface area contributed by atoms with Gasteiger partial charge in [0.1, 0.15) is 17.2 Å². The first-order valence-corrected chi connectivity index (χ1v) is 14.7. The highest BCUT2D eigenvalue weighted by molar-refractivity contribution is 6.62. The molecule has 3 aliphatic heterocycles. The summed E-state index contributed by atoms with van der Waals surface area (Å²) in [4.78, 5) is 0. The summed E-state index contributed by atoms with van der Waals surface area (Å²) >= 11 is 0. The van der Waals surface area contributed by atoms with E-state index in [2.05, 4.69) is 61.5 Å². The van der Waals surface area contributed by atoms with Crippen molar-refractivity contribution in [1.29, 1.82) is 0 Å². The fourth-order valence-corrected chi connectivity index (χ4v) is 5.13. The van der Waals surface area contributed by atoms with Crippen LogP contribution in [-0.2, 0) is 25.0 Å². The molecule has 0 spiro atoms. The third kappa shape index (κ3) is 5.44.